The Morgan fingerprint density at radius 1 is 1.11 bits per heavy atom. The number of nitrogen functional groups attached to an aromatic ring is 1. The van der Waals surface area contributed by atoms with Gasteiger partial charge in [0, 0.05) is 28.4 Å². The fraction of sp³-hybridized carbons (Fsp3) is 0.125. The van der Waals surface area contributed by atoms with E-state index in [-0.39, 0.29) is 0 Å². The summed E-state index contributed by atoms with van der Waals surface area (Å²) in [5, 5.41) is 1.18. The molecular formula is C16H16N2O. The molecule has 2 aromatic carbocycles. The van der Waals surface area contributed by atoms with Crippen LogP contribution in [0.1, 0.15) is 6.92 Å². The molecule has 3 nitrogen and oxygen atoms in total. The van der Waals surface area contributed by atoms with Gasteiger partial charge in [0.25, 0.3) is 0 Å². The quantitative estimate of drug-likeness (QED) is 0.696. The van der Waals surface area contributed by atoms with Gasteiger partial charge in [-0.2, -0.15) is 0 Å². The van der Waals surface area contributed by atoms with Crippen molar-refractivity contribution in [2.75, 3.05) is 12.3 Å². The Hall–Kier alpha value is -2.42. The maximum atomic E-state index is 5.79. The van der Waals surface area contributed by atoms with Crippen molar-refractivity contribution < 1.29 is 4.74 Å². The Morgan fingerprint density at radius 3 is 2.63 bits per heavy atom. The third kappa shape index (κ3) is 2.15. The molecule has 0 aliphatic carbocycles. The lowest BCUT2D eigenvalue weighted by Gasteiger charge is -2.04. The number of hydrogen-bond acceptors (Lipinski definition) is 2. The van der Waals surface area contributed by atoms with E-state index >= 15 is 0 Å². The Kier molecular flexibility index (Phi) is 2.88. The lowest BCUT2D eigenvalue weighted by molar-refractivity contribution is 0.340. The average Bonchev–Trinajstić information content (AvgIpc) is 2.83. The minimum absolute atomic E-state index is 0.686. The third-order valence-corrected chi connectivity index (χ3v) is 3.18. The van der Waals surface area contributed by atoms with Crippen LogP contribution in [-0.4, -0.2) is 11.6 Å². The molecule has 0 saturated heterocycles. The normalized spacial score (nSPS) is 10.8. The molecule has 3 heteroatoms. The molecule has 3 aromatic rings. The number of anilines is 1. The number of aromatic amines is 1. The zero-order chi connectivity index (χ0) is 13.2. The number of rotatable bonds is 3. The van der Waals surface area contributed by atoms with Crippen LogP contribution in [0, 0.1) is 0 Å². The van der Waals surface area contributed by atoms with E-state index in [9.17, 15) is 0 Å². The summed E-state index contributed by atoms with van der Waals surface area (Å²) in [6.45, 7) is 2.67. The summed E-state index contributed by atoms with van der Waals surface area (Å²) in [7, 11) is 0. The first-order chi connectivity index (χ1) is 9.28. The van der Waals surface area contributed by atoms with Crippen molar-refractivity contribution in [3.63, 3.8) is 0 Å². The van der Waals surface area contributed by atoms with Crippen LogP contribution in [-0.2, 0) is 0 Å². The van der Waals surface area contributed by atoms with Gasteiger partial charge < -0.3 is 15.5 Å². The molecular weight excluding hydrogens is 236 g/mol. The second-order valence-electron chi connectivity index (χ2n) is 4.46. The first kappa shape index (κ1) is 11.7. The molecule has 1 aromatic heterocycles. The highest BCUT2D eigenvalue weighted by atomic mass is 16.5. The third-order valence-electron chi connectivity index (χ3n) is 3.18. The first-order valence-electron chi connectivity index (χ1n) is 6.38. The van der Waals surface area contributed by atoms with Crippen LogP contribution in [0.15, 0.2) is 48.7 Å². The van der Waals surface area contributed by atoms with Crippen molar-refractivity contribution in [3.8, 4) is 16.9 Å². The molecule has 0 fully saturated rings. The summed E-state index contributed by atoms with van der Waals surface area (Å²) in [5.74, 6) is 0.898. The van der Waals surface area contributed by atoms with Crippen LogP contribution >= 0.6 is 0 Å². The number of benzene rings is 2. The summed E-state index contributed by atoms with van der Waals surface area (Å²) < 4.78 is 5.46. The second-order valence-corrected chi connectivity index (χ2v) is 4.46. The van der Waals surface area contributed by atoms with E-state index in [1.165, 1.54) is 16.5 Å². The number of nitrogens with two attached hydrogens (primary N) is 1. The van der Waals surface area contributed by atoms with Gasteiger partial charge >= 0.3 is 0 Å². The monoisotopic (exact) mass is 252 g/mol. The zero-order valence-corrected chi connectivity index (χ0v) is 10.8. The van der Waals surface area contributed by atoms with Crippen LogP contribution in [0.25, 0.3) is 22.0 Å². The molecule has 0 atom stereocenters. The van der Waals surface area contributed by atoms with E-state index < -0.39 is 0 Å². The van der Waals surface area contributed by atoms with Gasteiger partial charge in [0.1, 0.15) is 5.75 Å². The van der Waals surface area contributed by atoms with Gasteiger partial charge in [-0.25, -0.2) is 0 Å². The van der Waals surface area contributed by atoms with E-state index in [0.29, 0.717) is 6.61 Å². The maximum Gasteiger partial charge on any atom is 0.119 e. The van der Waals surface area contributed by atoms with E-state index in [0.717, 1.165) is 17.0 Å². The summed E-state index contributed by atoms with van der Waals surface area (Å²) in [6.07, 6.45) is 2.01. The molecule has 19 heavy (non-hydrogen) atoms. The summed E-state index contributed by atoms with van der Waals surface area (Å²) in [5.41, 5.74) is 9.96. The SMILES string of the molecule is CCOc1ccc(-c2c[nH]c3cc(N)ccc23)cc1. The highest BCUT2D eigenvalue weighted by Gasteiger charge is 2.06. The number of nitrogens with one attached hydrogen (secondary N) is 1. The van der Waals surface area contributed by atoms with Gasteiger partial charge in [-0.3, -0.25) is 0 Å². The van der Waals surface area contributed by atoms with Crippen molar-refractivity contribution in [2.24, 2.45) is 0 Å². The van der Waals surface area contributed by atoms with Crippen molar-refractivity contribution in [1.29, 1.82) is 0 Å². The molecule has 0 bridgehead atoms. The fourth-order valence-electron chi connectivity index (χ4n) is 2.28. The van der Waals surface area contributed by atoms with Gasteiger partial charge in [-0.15, -0.1) is 0 Å². The van der Waals surface area contributed by atoms with E-state index in [4.69, 9.17) is 10.5 Å². The predicted molar refractivity (Wildman–Crippen MR) is 79.3 cm³/mol. The second kappa shape index (κ2) is 4.69. The van der Waals surface area contributed by atoms with Crippen LogP contribution in [0.2, 0.25) is 0 Å². The Bertz CT molecular complexity index is 698. The number of ether oxygens (including phenoxy) is 1. The summed E-state index contributed by atoms with van der Waals surface area (Å²) in [4.78, 5) is 3.26. The lowest BCUT2D eigenvalue weighted by atomic mass is 10.0. The molecule has 1 heterocycles. The molecule has 0 saturated carbocycles. The highest BCUT2D eigenvalue weighted by Crippen LogP contribution is 2.30. The Balaban J connectivity index is 2.04. The van der Waals surface area contributed by atoms with E-state index in [1.54, 1.807) is 0 Å². The molecule has 3 N–H and O–H groups in total. The van der Waals surface area contributed by atoms with Crippen LogP contribution in [0.5, 0.6) is 5.75 Å². The maximum absolute atomic E-state index is 5.79. The topological polar surface area (TPSA) is 51.0 Å². The largest absolute Gasteiger partial charge is 0.494 e. The lowest BCUT2D eigenvalue weighted by Crippen LogP contribution is -1.90. The Labute approximate surface area is 112 Å². The molecule has 0 aliphatic rings. The molecule has 0 radical (unpaired) electrons. The van der Waals surface area contributed by atoms with Crippen LogP contribution in [0.4, 0.5) is 5.69 Å². The van der Waals surface area contributed by atoms with Crippen molar-refractivity contribution in [2.45, 2.75) is 6.92 Å². The fourth-order valence-corrected chi connectivity index (χ4v) is 2.28. The van der Waals surface area contributed by atoms with Crippen LogP contribution in [0.3, 0.4) is 0 Å². The van der Waals surface area contributed by atoms with Crippen molar-refractivity contribution in [1.82, 2.24) is 4.98 Å². The van der Waals surface area contributed by atoms with Crippen LogP contribution < -0.4 is 10.5 Å². The van der Waals surface area contributed by atoms with Gasteiger partial charge in [0.2, 0.25) is 0 Å². The first-order valence-corrected chi connectivity index (χ1v) is 6.38. The summed E-state index contributed by atoms with van der Waals surface area (Å²) in [6, 6.07) is 14.1. The van der Waals surface area contributed by atoms with E-state index in [2.05, 4.69) is 17.1 Å². The van der Waals surface area contributed by atoms with E-state index in [1.807, 2.05) is 43.5 Å². The van der Waals surface area contributed by atoms with Gasteiger partial charge in [0.15, 0.2) is 0 Å². The smallest absolute Gasteiger partial charge is 0.119 e. The van der Waals surface area contributed by atoms with Gasteiger partial charge in [-0.1, -0.05) is 18.2 Å². The molecule has 3 rings (SSSR count). The van der Waals surface area contributed by atoms with Gasteiger partial charge in [-0.05, 0) is 36.8 Å². The molecule has 96 valence electrons. The molecule has 0 amide bonds. The van der Waals surface area contributed by atoms with Crippen molar-refractivity contribution in [3.05, 3.63) is 48.7 Å². The zero-order valence-electron chi connectivity index (χ0n) is 10.8. The molecule has 0 spiro atoms. The van der Waals surface area contributed by atoms with Gasteiger partial charge in [0.05, 0.1) is 6.61 Å². The number of fused-ring (bicyclic) bond motifs is 1. The average molecular weight is 252 g/mol. The molecule has 0 unspecified atom stereocenters. The minimum Gasteiger partial charge on any atom is -0.494 e. The highest BCUT2D eigenvalue weighted by molar-refractivity contribution is 5.96. The number of hydrogen-bond donors (Lipinski definition) is 2. The molecule has 0 aliphatic heterocycles. The minimum atomic E-state index is 0.686. The predicted octanol–water partition coefficient (Wildman–Crippen LogP) is 3.82. The number of H-pyrrole nitrogens is 1. The standard InChI is InChI=1S/C16H16N2O/c1-2-19-13-6-3-11(4-7-13)15-10-18-16-9-12(17)5-8-14(15)16/h3-10,18H,2,17H2,1H3. The number of aromatic nitrogens is 1. The Morgan fingerprint density at radius 2 is 1.89 bits per heavy atom. The van der Waals surface area contributed by atoms with Crippen molar-refractivity contribution >= 4 is 16.6 Å². The summed E-state index contributed by atoms with van der Waals surface area (Å²) >= 11 is 0.